The molecule has 15 heavy (non-hydrogen) atoms. The van der Waals surface area contributed by atoms with Crippen LogP contribution in [0.3, 0.4) is 0 Å². The summed E-state index contributed by atoms with van der Waals surface area (Å²) in [5.41, 5.74) is 7.71. The predicted octanol–water partition coefficient (Wildman–Crippen LogP) is 1.98. The van der Waals surface area contributed by atoms with Crippen LogP contribution in [0.25, 0.3) is 0 Å². The number of nitrogens with two attached hydrogens (primary N) is 1. The molecule has 84 valence electrons. The minimum Gasteiger partial charge on any atom is -0.359 e. The molecule has 0 radical (unpaired) electrons. The fourth-order valence-corrected chi connectivity index (χ4v) is 2.17. The van der Waals surface area contributed by atoms with E-state index in [9.17, 15) is 0 Å². The van der Waals surface area contributed by atoms with Gasteiger partial charge in [-0.15, -0.1) is 0 Å². The van der Waals surface area contributed by atoms with E-state index in [1.54, 1.807) is 0 Å². The average Bonchev–Trinajstić information content (AvgIpc) is 2.66. The van der Waals surface area contributed by atoms with E-state index >= 15 is 0 Å². The number of hydrogen-bond acceptors (Lipinski definition) is 2. The molecule has 1 aromatic heterocycles. The van der Waals surface area contributed by atoms with Crippen molar-refractivity contribution in [2.75, 3.05) is 18.5 Å². The summed E-state index contributed by atoms with van der Waals surface area (Å²) in [6.45, 7) is 8.76. The van der Waals surface area contributed by atoms with E-state index in [1.807, 2.05) is 0 Å². The predicted molar refractivity (Wildman–Crippen MR) is 64.1 cm³/mol. The highest BCUT2D eigenvalue weighted by atomic mass is 15.3. The summed E-state index contributed by atoms with van der Waals surface area (Å²) in [5.74, 6) is 1.30. The van der Waals surface area contributed by atoms with Crippen molar-refractivity contribution in [1.82, 2.24) is 4.57 Å². The summed E-state index contributed by atoms with van der Waals surface area (Å²) in [7, 11) is 2.14. The molecule has 1 aromatic rings. The van der Waals surface area contributed by atoms with Gasteiger partial charge in [-0.05, 0) is 11.5 Å². The van der Waals surface area contributed by atoms with Crippen LogP contribution < -0.4 is 10.6 Å². The first-order valence-corrected chi connectivity index (χ1v) is 5.57. The van der Waals surface area contributed by atoms with Gasteiger partial charge in [0.2, 0.25) is 0 Å². The SMILES string of the molecule is CN1CCn2ccc(C(N)C(C)(C)C)c21. The Hall–Kier alpha value is -0.960. The van der Waals surface area contributed by atoms with Crippen LogP contribution >= 0.6 is 0 Å². The molecule has 3 heteroatoms. The molecule has 1 aliphatic heterocycles. The minimum atomic E-state index is 0.106. The third kappa shape index (κ3) is 1.65. The van der Waals surface area contributed by atoms with Crippen LogP contribution in [0.1, 0.15) is 32.4 Å². The lowest BCUT2D eigenvalue weighted by Gasteiger charge is -2.28. The molecule has 1 atom stereocenters. The average molecular weight is 207 g/mol. The zero-order valence-corrected chi connectivity index (χ0v) is 10.1. The second-order valence-electron chi connectivity index (χ2n) is 5.55. The maximum Gasteiger partial charge on any atom is 0.113 e. The first-order valence-electron chi connectivity index (χ1n) is 5.57. The first kappa shape index (κ1) is 10.6. The van der Waals surface area contributed by atoms with Crippen molar-refractivity contribution in [2.45, 2.75) is 33.4 Å². The van der Waals surface area contributed by atoms with Gasteiger partial charge in [-0.2, -0.15) is 0 Å². The Morgan fingerprint density at radius 3 is 2.60 bits per heavy atom. The van der Waals surface area contributed by atoms with E-state index in [1.165, 1.54) is 11.4 Å². The molecule has 0 bridgehead atoms. The Kier molecular flexibility index (Phi) is 2.30. The van der Waals surface area contributed by atoms with Gasteiger partial charge < -0.3 is 15.2 Å². The number of fused-ring (bicyclic) bond motifs is 1. The summed E-state index contributed by atoms with van der Waals surface area (Å²) >= 11 is 0. The lowest BCUT2D eigenvalue weighted by atomic mass is 9.83. The fourth-order valence-electron chi connectivity index (χ4n) is 2.17. The molecule has 1 unspecified atom stereocenters. The number of rotatable bonds is 1. The molecule has 2 heterocycles. The van der Waals surface area contributed by atoms with Gasteiger partial charge in [-0.25, -0.2) is 0 Å². The van der Waals surface area contributed by atoms with Crippen molar-refractivity contribution in [3.05, 3.63) is 17.8 Å². The Morgan fingerprint density at radius 2 is 2.00 bits per heavy atom. The number of anilines is 1. The van der Waals surface area contributed by atoms with Crippen LogP contribution in [0.15, 0.2) is 12.3 Å². The van der Waals surface area contributed by atoms with Crippen molar-refractivity contribution >= 4 is 5.82 Å². The van der Waals surface area contributed by atoms with Gasteiger partial charge in [0.05, 0.1) is 0 Å². The molecular formula is C12H21N3. The molecule has 2 N–H and O–H groups in total. The van der Waals surface area contributed by atoms with Crippen molar-refractivity contribution in [3.63, 3.8) is 0 Å². The molecule has 0 spiro atoms. The summed E-state index contributed by atoms with van der Waals surface area (Å²) in [6.07, 6.45) is 2.15. The molecule has 0 fully saturated rings. The summed E-state index contributed by atoms with van der Waals surface area (Å²) in [6, 6.07) is 2.27. The van der Waals surface area contributed by atoms with Crippen LogP contribution in [-0.2, 0) is 6.54 Å². The van der Waals surface area contributed by atoms with E-state index in [-0.39, 0.29) is 11.5 Å². The highest BCUT2D eigenvalue weighted by molar-refractivity contribution is 5.53. The van der Waals surface area contributed by atoms with E-state index in [0.717, 1.165) is 13.1 Å². The second-order valence-corrected chi connectivity index (χ2v) is 5.55. The van der Waals surface area contributed by atoms with Crippen molar-refractivity contribution in [3.8, 4) is 0 Å². The number of hydrogen-bond donors (Lipinski definition) is 1. The van der Waals surface area contributed by atoms with Crippen LogP contribution in [0.2, 0.25) is 0 Å². The summed E-state index contributed by atoms with van der Waals surface area (Å²) in [4.78, 5) is 2.29. The van der Waals surface area contributed by atoms with Gasteiger partial charge in [-0.1, -0.05) is 20.8 Å². The van der Waals surface area contributed by atoms with Gasteiger partial charge in [0, 0.05) is 37.9 Å². The molecule has 1 aliphatic rings. The van der Waals surface area contributed by atoms with Crippen molar-refractivity contribution < 1.29 is 0 Å². The maximum absolute atomic E-state index is 6.31. The zero-order valence-electron chi connectivity index (χ0n) is 10.1. The largest absolute Gasteiger partial charge is 0.359 e. The molecule has 0 aromatic carbocycles. The molecular weight excluding hydrogens is 186 g/mol. The molecule has 0 aliphatic carbocycles. The van der Waals surface area contributed by atoms with Gasteiger partial charge in [0.15, 0.2) is 0 Å². The smallest absolute Gasteiger partial charge is 0.113 e. The van der Waals surface area contributed by atoms with E-state index in [4.69, 9.17) is 5.73 Å². The number of aromatic nitrogens is 1. The normalized spacial score (nSPS) is 18.1. The van der Waals surface area contributed by atoms with Crippen molar-refractivity contribution in [1.29, 1.82) is 0 Å². The molecule has 0 saturated carbocycles. The Labute approximate surface area is 91.9 Å². The Morgan fingerprint density at radius 1 is 1.33 bits per heavy atom. The minimum absolute atomic E-state index is 0.106. The first-order chi connectivity index (χ1) is 6.91. The van der Waals surface area contributed by atoms with Crippen molar-refractivity contribution in [2.24, 2.45) is 11.1 Å². The van der Waals surface area contributed by atoms with Gasteiger partial charge in [0.1, 0.15) is 5.82 Å². The van der Waals surface area contributed by atoms with E-state index < -0.39 is 0 Å². The van der Waals surface area contributed by atoms with Crippen LogP contribution in [0.5, 0.6) is 0 Å². The lowest BCUT2D eigenvalue weighted by molar-refractivity contribution is 0.327. The third-order valence-corrected chi connectivity index (χ3v) is 3.27. The fraction of sp³-hybridized carbons (Fsp3) is 0.667. The highest BCUT2D eigenvalue weighted by Gasteiger charge is 2.29. The summed E-state index contributed by atoms with van der Waals surface area (Å²) < 4.78 is 2.29. The number of nitrogens with zero attached hydrogens (tertiary/aromatic N) is 2. The third-order valence-electron chi connectivity index (χ3n) is 3.27. The second kappa shape index (κ2) is 3.27. The topological polar surface area (TPSA) is 34.2 Å². The molecule has 2 rings (SSSR count). The summed E-state index contributed by atoms with van der Waals surface area (Å²) in [5, 5.41) is 0. The van der Waals surface area contributed by atoms with E-state index in [2.05, 4.69) is 49.5 Å². The molecule has 3 nitrogen and oxygen atoms in total. The van der Waals surface area contributed by atoms with Crippen LogP contribution in [0, 0.1) is 5.41 Å². The molecule has 0 saturated heterocycles. The van der Waals surface area contributed by atoms with Gasteiger partial charge in [0.25, 0.3) is 0 Å². The maximum atomic E-state index is 6.31. The van der Waals surface area contributed by atoms with Gasteiger partial charge in [-0.3, -0.25) is 0 Å². The monoisotopic (exact) mass is 207 g/mol. The van der Waals surface area contributed by atoms with Gasteiger partial charge >= 0.3 is 0 Å². The standard InChI is InChI=1S/C12H21N3/c1-12(2,3)10(13)9-5-6-15-8-7-14(4)11(9)15/h5-6,10H,7-8,13H2,1-4H3. The quantitative estimate of drug-likeness (QED) is 0.764. The van der Waals surface area contributed by atoms with Crippen LogP contribution in [-0.4, -0.2) is 18.2 Å². The molecule has 0 amide bonds. The number of likely N-dealkylation sites (N-methyl/N-ethyl adjacent to an activating group) is 1. The lowest BCUT2D eigenvalue weighted by Crippen LogP contribution is -2.27. The Bertz CT molecular complexity index is 359. The Balaban J connectivity index is 2.38. The van der Waals surface area contributed by atoms with E-state index in [0.29, 0.717) is 0 Å². The zero-order chi connectivity index (χ0) is 11.2. The highest BCUT2D eigenvalue weighted by Crippen LogP contribution is 2.37. The van der Waals surface area contributed by atoms with Crippen LogP contribution in [0.4, 0.5) is 5.82 Å².